The van der Waals surface area contributed by atoms with Gasteiger partial charge in [-0.2, -0.15) is 13.2 Å². The van der Waals surface area contributed by atoms with Crippen molar-refractivity contribution in [3.05, 3.63) is 22.0 Å². The van der Waals surface area contributed by atoms with Crippen LogP contribution in [0.25, 0.3) is 0 Å². The summed E-state index contributed by atoms with van der Waals surface area (Å²) in [7, 11) is -2.86. The number of hydrogen-bond donors (Lipinski definition) is 0. The Morgan fingerprint density at radius 1 is 1.00 bits per heavy atom. The fourth-order valence-corrected chi connectivity index (χ4v) is 2.53. The predicted octanol–water partition coefficient (Wildman–Crippen LogP) is 7.22. The number of piperazine rings is 1. The van der Waals surface area contributed by atoms with Gasteiger partial charge in [-0.15, -0.1) is 0 Å². The van der Waals surface area contributed by atoms with E-state index in [1.807, 2.05) is 60.9 Å². The molecule has 10 heteroatoms. The number of alkyl halides is 3. The van der Waals surface area contributed by atoms with Gasteiger partial charge in [0.25, 0.3) is 0 Å². The van der Waals surface area contributed by atoms with Crippen molar-refractivity contribution in [3.8, 4) is 0 Å². The van der Waals surface area contributed by atoms with Crippen LogP contribution < -0.4 is 4.90 Å². The Hall–Kier alpha value is -1.04. The molecule has 0 aliphatic carbocycles. The fraction of sp³-hybridized carbons (Fsp3) is 0.727. The number of nitrogens with zero attached hydrogens (tertiary/aromatic N) is 3. The number of aromatic nitrogens is 1. The van der Waals surface area contributed by atoms with E-state index in [-0.39, 0.29) is 6.09 Å². The standard InChI is InChI=1S/C14H20IN3O2.C4H9F3Si.2C2H6/c1-14(2,3)20-13(19)18-6-4-17(5-7-18)12-8-11(15)9-16-10-12;1-8(2,3)4(5,6)7;2*1-2/h8-10H,4-7H2,1-3H3;1-3H3;2*1-2H3. The molecule has 188 valence electrons. The van der Waals surface area contributed by atoms with Crippen molar-refractivity contribution in [2.75, 3.05) is 31.1 Å². The minimum Gasteiger partial charge on any atom is -0.444 e. The number of hydrogen-bond acceptors (Lipinski definition) is 4. The van der Waals surface area contributed by atoms with E-state index in [0.717, 1.165) is 22.3 Å². The highest BCUT2D eigenvalue weighted by molar-refractivity contribution is 14.1. The van der Waals surface area contributed by atoms with Crippen LogP contribution in [-0.4, -0.2) is 61.6 Å². The molecule has 1 aromatic rings. The zero-order valence-corrected chi connectivity index (χ0v) is 24.4. The van der Waals surface area contributed by atoms with Crippen LogP contribution in [0.4, 0.5) is 23.7 Å². The summed E-state index contributed by atoms with van der Waals surface area (Å²) in [5.74, 6) is -3.92. The molecule has 2 heterocycles. The third-order valence-corrected chi connectivity index (χ3v) is 6.13. The molecule has 1 aliphatic rings. The summed E-state index contributed by atoms with van der Waals surface area (Å²) in [5, 5.41) is 0. The molecule has 0 N–H and O–H groups in total. The van der Waals surface area contributed by atoms with Gasteiger partial charge in [-0.1, -0.05) is 47.3 Å². The van der Waals surface area contributed by atoms with Gasteiger partial charge in [0.05, 0.1) is 11.9 Å². The van der Waals surface area contributed by atoms with Gasteiger partial charge in [0.1, 0.15) is 5.60 Å². The molecule has 0 radical (unpaired) electrons. The Kier molecular flexibility index (Phi) is 15.5. The normalized spacial score (nSPS) is 14.1. The van der Waals surface area contributed by atoms with E-state index in [0.29, 0.717) is 13.1 Å². The first-order chi connectivity index (χ1) is 14.6. The minimum atomic E-state index is -3.92. The monoisotopic (exact) mass is 591 g/mol. The van der Waals surface area contributed by atoms with E-state index >= 15 is 0 Å². The molecule has 2 rings (SSSR count). The first-order valence-electron chi connectivity index (χ1n) is 11.0. The van der Waals surface area contributed by atoms with Crippen molar-refractivity contribution in [2.24, 2.45) is 0 Å². The summed E-state index contributed by atoms with van der Waals surface area (Å²) in [4.78, 5) is 20.2. The number of anilines is 1. The van der Waals surface area contributed by atoms with E-state index in [9.17, 15) is 18.0 Å². The highest BCUT2D eigenvalue weighted by atomic mass is 127. The predicted molar refractivity (Wildman–Crippen MR) is 139 cm³/mol. The van der Waals surface area contributed by atoms with Crippen LogP contribution in [0.15, 0.2) is 18.5 Å². The topological polar surface area (TPSA) is 45.7 Å². The number of pyridine rings is 1. The second-order valence-electron chi connectivity index (χ2n) is 8.56. The van der Waals surface area contributed by atoms with E-state index in [4.69, 9.17) is 4.74 Å². The van der Waals surface area contributed by atoms with E-state index < -0.39 is 19.5 Å². The number of amides is 1. The van der Waals surface area contributed by atoms with Gasteiger partial charge in [-0.3, -0.25) is 4.98 Å². The van der Waals surface area contributed by atoms with Crippen molar-refractivity contribution in [2.45, 2.75) is 79.5 Å². The Balaban J connectivity index is 0. The van der Waals surface area contributed by atoms with Crippen LogP contribution in [0.3, 0.4) is 0 Å². The van der Waals surface area contributed by atoms with Crippen molar-refractivity contribution < 1.29 is 22.7 Å². The van der Waals surface area contributed by atoms with E-state index in [1.165, 1.54) is 19.6 Å². The summed E-state index contributed by atoms with van der Waals surface area (Å²) >= 11 is 2.26. The lowest BCUT2D eigenvalue weighted by molar-refractivity contribution is -0.0552. The zero-order chi connectivity index (χ0) is 25.8. The first-order valence-corrected chi connectivity index (χ1v) is 15.6. The maximum atomic E-state index is 12.0. The van der Waals surface area contributed by atoms with Gasteiger partial charge in [0.15, 0.2) is 8.07 Å². The molecule has 32 heavy (non-hydrogen) atoms. The highest BCUT2D eigenvalue weighted by Crippen LogP contribution is 2.27. The summed E-state index contributed by atoms with van der Waals surface area (Å²) in [6.45, 7) is 20.5. The van der Waals surface area contributed by atoms with E-state index in [1.54, 1.807) is 4.90 Å². The van der Waals surface area contributed by atoms with Crippen LogP contribution >= 0.6 is 22.6 Å². The SMILES string of the molecule is CC.CC.CC(C)(C)OC(=O)N1CCN(c2cncc(I)c2)CC1.C[Si](C)(C)C(F)(F)F. The Morgan fingerprint density at radius 3 is 1.78 bits per heavy atom. The number of halogens is 4. The van der Waals surface area contributed by atoms with Gasteiger partial charge in [-0.05, 0) is 49.4 Å². The number of carbonyl (C=O) groups is 1. The van der Waals surface area contributed by atoms with Crippen LogP contribution in [0.1, 0.15) is 48.5 Å². The quantitative estimate of drug-likeness (QED) is 0.256. The molecule has 0 unspecified atom stereocenters. The van der Waals surface area contributed by atoms with Crippen molar-refractivity contribution in [3.63, 3.8) is 0 Å². The van der Waals surface area contributed by atoms with Gasteiger partial charge in [0.2, 0.25) is 0 Å². The number of ether oxygens (including phenoxy) is 1. The van der Waals surface area contributed by atoms with Crippen molar-refractivity contribution >= 4 is 42.4 Å². The highest BCUT2D eigenvalue weighted by Gasteiger charge is 2.44. The molecule has 0 atom stereocenters. The molecule has 0 bridgehead atoms. The van der Waals surface area contributed by atoms with Crippen LogP contribution in [-0.2, 0) is 4.74 Å². The summed E-state index contributed by atoms with van der Waals surface area (Å²) in [6.07, 6.45) is 3.48. The first kappa shape index (κ1) is 33.1. The van der Waals surface area contributed by atoms with Gasteiger partial charge < -0.3 is 14.5 Å². The van der Waals surface area contributed by atoms with Crippen LogP contribution in [0.2, 0.25) is 19.6 Å². The van der Waals surface area contributed by atoms with Gasteiger partial charge in [-0.25, -0.2) is 4.79 Å². The average molecular weight is 592 g/mol. The molecular weight excluding hydrogens is 550 g/mol. The molecule has 0 spiro atoms. The Bertz CT molecular complexity index is 643. The molecule has 1 fully saturated rings. The zero-order valence-electron chi connectivity index (χ0n) is 21.2. The molecule has 5 nitrogen and oxygen atoms in total. The Labute approximate surface area is 207 Å². The van der Waals surface area contributed by atoms with Crippen LogP contribution in [0, 0.1) is 3.57 Å². The maximum Gasteiger partial charge on any atom is 0.410 e. The molecule has 1 amide bonds. The second-order valence-corrected chi connectivity index (χ2v) is 14.9. The third kappa shape index (κ3) is 13.5. The molecule has 1 aliphatic heterocycles. The van der Waals surface area contributed by atoms with Crippen LogP contribution in [0.5, 0.6) is 0 Å². The Morgan fingerprint density at radius 2 is 1.44 bits per heavy atom. The van der Waals surface area contributed by atoms with Gasteiger partial charge in [0, 0.05) is 35.9 Å². The smallest absolute Gasteiger partial charge is 0.410 e. The number of carbonyl (C=O) groups excluding carboxylic acids is 1. The van der Waals surface area contributed by atoms with Crippen molar-refractivity contribution in [1.29, 1.82) is 0 Å². The average Bonchev–Trinajstić information content (AvgIpc) is 2.69. The van der Waals surface area contributed by atoms with E-state index in [2.05, 4.69) is 38.5 Å². The minimum absolute atomic E-state index is 0.224. The summed E-state index contributed by atoms with van der Waals surface area (Å²) in [5.41, 5.74) is 0.675. The van der Waals surface area contributed by atoms with Crippen molar-refractivity contribution in [1.82, 2.24) is 9.88 Å². The largest absolute Gasteiger partial charge is 0.444 e. The van der Waals surface area contributed by atoms with Gasteiger partial charge >= 0.3 is 11.9 Å². The lowest BCUT2D eigenvalue weighted by atomic mass is 10.2. The second kappa shape index (κ2) is 15.0. The number of rotatable bonds is 1. The summed E-state index contributed by atoms with van der Waals surface area (Å²) < 4.78 is 41.4. The fourth-order valence-electron chi connectivity index (χ4n) is 2.05. The summed E-state index contributed by atoms with van der Waals surface area (Å²) in [6, 6.07) is 2.11. The molecule has 1 aromatic heterocycles. The lowest BCUT2D eigenvalue weighted by Crippen LogP contribution is -2.50. The maximum absolute atomic E-state index is 12.0. The molecular formula is C22H41F3IN3O2Si. The molecule has 1 saturated heterocycles. The molecule has 0 aromatic carbocycles. The molecule has 0 saturated carbocycles. The third-order valence-electron chi connectivity index (χ3n) is 3.84. The lowest BCUT2D eigenvalue weighted by Gasteiger charge is -2.36.